The fraction of sp³-hybridized carbons (Fsp3) is 0.462. The number of amides is 2. The van der Waals surface area contributed by atoms with Gasteiger partial charge in [0.25, 0.3) is 11.8 Å². The topological polar surface area (TPSA) is 121 Å². The van der Waals surface area contributed by atoms with Gasteiger partial charge in [-0.3, -0.25) is 14.4 Å². The minimum absolute atomic E-state index is 0.0284. The zero-order chi connectivity index (χ0) is 26.6. The third-order valence-corrected chi connectivity index (χ3v) is 7.28. The van der Waals surface area contributed by atoms with E-state index in [1.54, 1.807) is 18.2 Å². The van der Waals surface area contributed by atoms with Crippen LogP contribution >= 0.6 is 23.2 Å². The van der Waals surface area contributed by atoms with Crippen molar-refractivity contribution in [1.29, 1.82) is 0 Å². The number of ether oxygens (including phenoxy) is 1. The summed E-state index contributed by atoms with van der Waals surface area (Å²) >= 11 is 12.0. The number of nitrogens with one attached hydrogen (secondary N) is 2. The molecule has 1 aromatic heterocycles. The molecule has 1 atom stereocenters. The molecule has 0 radical (unpaired) electrons. The number of aliphatic carboxylic acids is 1. The molecule has 1 aromatic carbocycles. The van der Waals surface area contributed by atoms with Crippen molar-refractivity contribution < 1.29 is 24.2 Å². The minimum Gasteiger partial charge on any atom is -0.481 e. The highest BCUT2D eigenvalue weighted by Gasteiger charge is 2.53. The number of rotatable bonds is 11. The Labute approximate surface area is 225 Å². The quantitative estimate of drug-likeness (QED) is 0.392. The summed E-state index contributed by atoms with van der Waals surface area (Å²) in [5.41, 5.74) is 1.54. The molecule has 4 rings (SSSR count). The van der Waals surface area contributed by atoms with E-state index in [1.165, 1.54) is 12.3 Å². The molecule has 0 bridgehead atoms. The third-order valence-electron chi connectivity index (χ3n) is 6.80. The summed E-state index contributed by atoms with van der Waals surface area (Å²) < 4.78 is 5.69. The number of carboxylic acids is 1. The van der Waals surface area contributed by atoms with Crippen molar-refractivity contribution in [2.24, 2.45) is 5.41 Å². The number of carbonyl (C=O) groups is 3. The maximum atomic E-state index is 13.0. The number of carboxylic acid groups (broad SMARTS) is 1. The maximum absolute atomic E-state index is 13.0. The van der Waals surface area contributed by atoms with Gasteiger partial charge in [-0.15, -0.1) is 0 Å². The molecule has 1 saturated carbocycles. The largest absolute Gasteiger partial charge is 0.481 e. The summed E-state index contributed by atoms with van der Waals surface area (Å²) in [5, 5.41) is 15.5. The molecule has 198 valence electrons. The predicted molar refractivity (Wildman–Crippen MR) is 139 cm³/mol. The summed E-state index contributed by atoms with van der Waals surface area (Å²) in [6.07, 6.45) is 3.07. The van der Waals surface area contributed by atoms with Crippen LogP contribution in [-0.2, 0) is 16.1 Å². The average molecular weight is 549 g/mol. The highest BCUT2D eigenvalue weighted by atomic mass is 35.5. The molecule has 1 aliphatic carbocycles. The Balaban J connectivity index is 1.24. The summed E-state index contributed by atoms with van der Waals surface area (Å²) in [4.78, 5) is 42.2. The Morgan fingerprint density at radius 2 is 2.00 bits per heavy atom. The monoisotopic (exact) mass is 548 g/mol. The first-order chi connectivity index (χ1) is 17.7. The minimum atomic E-state index is -0.803. The number of halogens is 2. The molecule has 37 heavy (non-hydrogen) atoms. The number of likely N-dealkylation sites (tertiary alicyclic amines) is 1. The second kappa shape index (κ2) is 11.7. The van der Waals surface area contributed by atoms with Crippen molar-refractivity contribution in [2.75, 3.05) is 19.6 Å². The van der Waals surface area contributed by atoms with Crippen LogP contribution in [0.4, 0.5) is 0 Å². The number of pyridine rings is 1. The van der Waals surface area contributed by atoms with Gasteiger partial charge in [0.1, 0.15) is 5.02 Å². The number of hydrogen-bond donors (Lipinski definition) is 3. The van der Waals surface area contributed by atoms with Crippen LogP contribution in [0.25, 0.3) is 0 Å². The van der Waals surface area contributed by atoms with E-state index < -0.39 is 12.1 Å². The Hall–Kier alpha value is -2.88. The van der Waals surface area contributed by atoms with Crippen LogP contribution in [0.2, 0.25) is 10.0 Å². The Bertz CT molecular complexity index is 1160. The lowest BCUT2D eigenvalue weighted by molar-refractivity contribution is -0.137. The van der Waals surface area contributed by atoms with Gasteiger partial charge >= 0.3 is 5.97 Å². The van der Waals surface area contributed by atoms with E-state index in [0.717, 1.165) is 18.4 Å². The van der Waals surface area contributed by atoms with E-state index in [1.807, 2.05) is 17.9 Å². The van der Waals surface area contributed by atoms with E-state index in [2.05, 4.69) is 15.6 Å². The average Bonchev–Trinajstić information content (AvgIpc) is 2.82. The van der Waals surface area contributed by atoms with Gasteiger partial charge in [-0.2, -0.15) is 0 Å². The molecule has 2 amide bonds. The summed E-state index contributed by atoms with van der Waals surface area (Å²) in [5.74, 6) is -1.00. The summed E-state index contributed by atoms with van der Waals surface area (Å²) in [6, 6.07) is 9.06. The number of hydrogen-bond acceptors (Lipinski definition) is 6. The summed E-state index contributed by atoms with van der Waals surface area (Å²) in [6.45, 7) is 3.96. The van der Waals surface area contributed by atoms with Crippen LogP contribution in [0.1, 0.15) is 48.5 Å². The first-order valence-electron chi connectivity index (χ1n) is 12.3. The van der Waals surface area contributed by atoms with Crippen molar-refractivity contribution in [3.05, 3.63) is 57.7 Å². The lowest BCUT2D eigenvalue weighted by atomic mass is 9.60. The molecule has 0 unspecified atom stereocenters. The lowest BCUT2D eigenvalue weighted by Crippen LogP contribution is -2.67. The van der Waals surface area contributed by atoms with Gasteiger partial charge in [0.05, 0.1) is 11.4 Å². The second-order valence-electron chi connectivity index (χ2n) is 9.74. The van der Waals surface area contributed by atoms with Crippen LogP contribution in [0.15, 0.2) is 36.5 Å². The highest BCUT2D eigenvalue weighted by Crippen LogP contribution is 2.48. The van der Waals surface area contributed by atoms with Crippen LogP contribution in [0.5, 0.6) is 5.88 Å². The van der Waals surface area contributed by atoms with Gasteiger partial charge in [0.2, 0.25) is 5.88 Å². The highest BCUT2D eigenvalue weighted by molar-refractivity contribution is 6.35. The molecule has 3 N–H and O–H groups in total. The zero-order valence-electron chi connectivity index (χ0n) is 20.5. The maximum Gasteiger partial charge on any atom is 0.304 e. The molecule has 1 aliphatic heterocycles. The number of carbonyl (C=O) groups excluding carboxylic acids is 2. The zero-order valence-corrected chi connectivity index (χ0v) is 22.0. The fourth-order valence-corrected chi connectivity index (χ4v) is 5.35. The van der Waals surface area contributed by atoms with Gasteiger partial charge in [-0.05, 0) is 43.0 Å². The molecule has 1 spiro atoms. The molecule has 2 aromatic rings. The van der Waals surface area contributed by atoms with Crippen molar-refractivity contribution in [3.63, 3.8) is 0 Å². The van der Waals surface area contributed by atoms with Gasteiger partial charge in [0.15, 0.2) is 6.10 Å². The van der Waals surface area contributed by atoms with Crippen molar-refractivity contribution in [2.45, 2.75) is 51.3 Å². The molecular weight excluding hydrogens is 519 g/mol. The van der Waals surface area contributed by atoms with Gasteiger partial charge in [-0.1, -0.05) is 42.3 Å². The molecule has 11 heteroatoms. The summed E-state index contributed by atoms with van der Waals surface area (Å²) in [7, 11) is 0. The first kappa shape index (κ1) is 27.2. The molecule has 9 nitrogen and oxygen atoms in total. The van der Waals surface area contributed by atoms with Crippen molar-refractivity contribution in [3.8, 4) is 5.88 Å². The SMILES string of the molecule is CC[C@@H](Oc1ncc(Cl)cc1Cl)C(=O)NCc1cccc(C(=O)N2CC3(CC(NCCC(=O)O)C3)C2)c1. The van der Waals surface area contributed by atoms with Crippen LogP contribution in [-0.4, -0.2) is 64.6 Å². The Kier molecular flexibility index (Phi) is 8.56. The Morgan fingerprint density at radius 3 is 2.68 bits per heavy atom. The predicted octanol–water partition coefficient (Wildman–Crippen LogP) is 3.53. The molecular formula is C26H30Cl2N4O5. The van der Waals surface area contributed by atoms with E-state index in [4.69, 9.17) is 33.0 Å². The molecule has 2 fully saturated rings. The molecule has 1 saturated heterocycles. The smallest absolute Gasteiger partial charge is 0.304 e. The fourth-order valence-electron chi connectivity index (χ4n) is 4.92. The van der Waals surface area contributed by atoms with Gasteiger partial charge in [-0.25, -0.2) is 4.98 Å². The lowest BCUT2D eigenvalue weighted by Gasteiger charge is -2.59. The van der Waals surface area contributed by atoms with Crippen molar-refractivity contribution in [1.82, 2.24) is 20.5 Å². The van der Waals surface area contributed by atoms with E-state index in [9.17, 15) is 14.4 Å². The normalized spacial score (nSPS) is 17.0. The van der Waals surface area contributed by atoms with Crippen LogP contribution in [0, 0.1) is 5.41 Å². The first-order valence-corrected chi connectivity index (χ1v) is 13.0. The van der Waals surface area contributed by atoms with E-state index in [-0.39, 0.29) is 41.1 Å². The number of aromatic nitrogens is 1. The van der Waals surface area contributed by atoms with Crippen LogP contribution < -0.4 is 15.4 Å². The third kappa shape index (κ3) is 6.71. The number of benzene rings is 1. The van der Waals surface area contributed by atoms with E-state index >= 15 is 0 Å². The van der Waals surface area contributed by atoms with Crippen molar-refractivity contribution >= 4 is 41.0 Å². The standard InChI is InChI=1S/C26H30Cl2N4O5/c1-2-21(37-24-20(28)9-18(27)13-31-24)23(35)30-12-16-4-3-5-17(8-16)25(36)32-14-26(15-32)10-19(11-26)29-7-6-22(33)34/h3-5,8-9,13,19,21,29H,2,6-7,10-12,14-15H2,1H3,(H,30,35)(H,33,34)/t21-/m1/s1. The van der Waals surface area contributed by atoms with Crippen LogP contribution in [0.3, 0.4) is 0 Å². The number of nitrogens with zero attached hydrogens (tertiary/aromatic N) is 2. The second-order valence-corrected chi connectivity index (χ2v) is 10.6. The van der Waals surface area contributed by atoms with Gasteiger partial charge < -0.3 is 25.4 Å². The molecule has 2 aliphatic rings. The van der Waals surface area contributed by atoms with E-state index in [0.29, 0.717) is 42.7 Å². The van der Waals surface area contributed by atoms with Gasteiger partial charge in [0, 0.05) is 49.4 Å². The Morgan fingerprint density at radius 1 is 1.24 bits per heavy atom. The molecule has 2 heterocycles.